The molecule has 0 aromatic heterocycles. The molecule has 0 aliphatic heterocycles. The number of carbonyl (C=O) groups excluding carboxylic acids is 2. The SMILES string of the molecule is COC(=O)Nc1ccc(NC(=O)c2ccc(NS(=O)(=O)c3ccc(F)c(Cl)c3)cc2)cc1. The van der Waals surface area contributed by atoms with E-state index >= 15 is 0 Å². The molecule has 3 N–H and O–H groups in total. The molecule has 0 atom stereocenters. The van der Waals surface area contributed by atoms with Gasteiger partial charge in [-0.3, -0.25) is 14.8 Å². The maximum absolute atomic E-state index is 13.3. The molecule has 0 heterocycles. The number of hydrogen-bond donors (Lipinski definition) is 3. The first-order valence-electron chi connectivity index (χ1n) is 9.02. The predicted molar refractivity (Wildman–Crippen MR) is 119 cm³/mol. The van der Waals surface area contributed by atoms with Crippen LogP contribution in [0.3, 0.4) is 0 Å². The van der Waals surface area contributed by atoms with E-state index in [1.54, 1.807) is 24.3 Å². The van der Waals surface area contributed by atoms with Crippen molar-refractivity contribution in [1.82, 2.24) is 0 Å². The van der Waals surface area contributed by atoms with Crippen LogP contribution in [-0.4, -0.2) is 27.5 Å². The summed E-state index contributed by atoms with van der Waals surface area (Å²) < 4.78 is 45.0. The lowest BCUT2D eigenvalue weighted by molar-refractivity contribution is 0.102. The molecule has 3 aromatic rings. The first kappa shape index (κ1) is 23.0. The van der Waals surface area contributed by atoms with Gasteiger partial charge in [0, 0.05) is 22.6 Å². The van der Waals surface area contributed by atoms with Crippen LogP contribution in [0.2, 0.25) is 5.02 Å². The summed E-state index contributed by atoms with van der Waals surface area (Å²) in [6.07, 6.45) is -0.611. The van der Waals surface area contributed by atoms with Crippen LogP contribution < -0.4 is 15.4 Å². The molecular formula is C21H17ClFN3O5S. The Hall–Kier alpha value is -3.63. The Balaban J connectivity index is 1.65. The summed E-state index contributed by atoms with van der Waals surface area (Å²) in [5, 5.41) is 4.87. The number of rotatable bonds is 6. The van der Waals surface area contributed by atoms with Gasteiger partial charge in [-0.1, -0.05) is 11.6 Å². The van der Waals surface area contributed by atoms with Gasteiger partial charge >= 0.3 is 6.09 Å². The molecule has 0 aliphatic rings. The van der Waals surface area contributed by atoms with Crippen molar-refractivity contribution in [1.29, 1.82) is 0 Å². The van der Waals surface area contributed by atoms with Crippen LogP contribution in [0.5, 0.6) is 0 Å². The second kappa shape index (κ2) is 9.67. The van der Waals surface area contributed by atoms with Gasteiger partial charge in [0.05, 0.1) is 17.0 Å². The van der Waals surface area contributed by atoms with E-state index in [4.69, 9.17) is 11.6 Å². The molecular weight excluding hydrogens is 461 g/mol. The van der Waals surface area contributed by atoms with Crippen LogP contribution in [0.25, 0.3) is 0 Å². The molecule has 0 fully saturated rings. The fraction of sp³-hybridized carbons (Fsp3) is 0.0476. The zero-order chi connectivity index (χ0) is 23.3. The molecule has 0 bridgehead atoms. The van der Waals surface area contributed by atoms with Gasteiger partial charge in [-0.05, 0) is 66.7 Å². The quantitative estimate of drug-likeness (QED) is 0.475. The molecule has 8 nitrogen and oxygen atoms in total. The van der Waals surface area contributed by atoms with Crippen LogP contribution in [0.4, 0.5) is 26.2 Å². The van der Waals surface area contributed by atoms with E-state index in [-0.39, 0.29) is 21.2 Å². The Morgan fingerprint density at radius 3 is 2.00 bits per heavy atom. The molecule has 0 unspecified atom stereocenters. The Morgan fingerprint density at radius 2 is 1.44 bits per heavy atom. The standard InChI is InChI=1S/C21H17ClFN3O5S/c1-31-21(28)25-15-8-6-14(7-9-15)24-20(27)13-2-4-16(5-3-13)26-32(29,30)17-10-11-19(23)18(22)12-17/h2-12,26H,1H3,(H,24,27)(H,25,28). The van der Waals surface area contributed by atoms with E-state index in [1.807, 2.05) is 0 Å². The van der Waals surface area contributed by atoms with E-state index in [0.29, 0.717) is 11.4 Å². The van der Waals surface area contributed by atoms with Gasteiger partial charge in [0.25, 0.3) is 15.9 Å². The number of halogens is 2. The molecule has 32 heavy (non-hydrogen) atoms. The normalized spacial score (nSPS) is 10.8. The van der Waals surface area contributed by atoms with Gasteiger partial charge < -0.3 is 10.1 Å². The fourth-order valence-electron chi connectivity index (χ4n) is 2.56. The molecule has 0 saturated carbocycles. The molecule has 11 heteroatoms. The van der Waals surface area contributed by atoms with Gasteiger partial charge in [0.15, 0.2) is 0 Å². The van der Waals surface area contributed by atoms with Crippen LogP contribution >= 0.6 is 11.6 Å². The maximum atomic E-state index is 13.3. The van der Waals surface area contributed by atoms with E-state index in [1.165, 1.54) is 31.4 Å². The lowest BCUT2D eigenvalue weighted by Crippen LogP contribution is -2.14. The summed E-state index contributed by atoms with van der Waals surface area (Å²) in [6.45, 7) is 0. The molecule has 3 aromatic carbocycles. The third-order valence-electron chi connectivity index (χ3n) is 4.18. The van der Waals surface area contributed by atoms with Crippen LogP contribution in [0, 0.1) is 5.82 Å². The summed E-state index contributed by atoms with van der Waals surface area (Å²) in [7, 11) is -2.74. The van der Waals surface area contributed by atoms with Gasteiger partial charge in [-0.15, -0.1) is 0 Å². The number of anilines is 3. The second-order valence-electron chi connectivity index (χ2n) is 6.41. The smallest absolute Gasteiger partial charge is 0.411 e. The largest absolute Gasteiger partial charge is 0.453 e. The fourth-order valence-corrected chi connectivity index (χ4v) is 3.89. The minimum absolute atomic E-state index is 0.198. The van der Waals surface area contributed by atoms with Crippen molar-refractivity contribution in [3.8, 4) is 0 Å². The summed E-state index contributed by atoms with van der Waals surface area (Å²) in [4.78, 5) is 23.4. The third-order valence-corrected chi connectivity index (χ3v) is 5.84. The van der Waals surface area contributed by atoms with E-state index in [2.05, 4.69) is 20.1 Å². The molecule has 0 aliphatic carbocycles. The molecule has 3 rings (SSSR count). The van der Waals surface area contributed by atoms with Crippen LogP contribution in [0.15, 0.2) is 71.6 Å². The molecule has 2 amide bonds. The van der Waals surface area contributed by atoms with Gasteiger partial charge in [0.1, 0.15) is 5.82 Å². The highest BCUT2D eigenvalue weighted by molar-refractivity contribution is 7.92. The number of nitrogens with one attached hydrogen (secondary N) is 3. The maximum Gasteiger partial charge on any atom is 0.411 e. The molecule has 166 valence electrons. The van der Waals surface area contributed by atoms with Crippen molar-refractivity contribution in [2.45, 2.75) is 4.90 Å². The molecule has 0 saturated heterocycles. The second-order valence-corrected chi connectivity index (χ2v) is 8.50. The Morgan fingerprint density at radius 1 is 0.875 bits per heavy atom. The van der Waals surface area contributed by atoms with Crippen molar-refractivity contribution in [3.63, 3.8) is 0 Å². The van der Waals surface area contributed by atoms with Crippen molar-refractivity contribution in [2.75, 3.05) is 22.5 Å². The van der Waals surface area contributed by atoms with Crippen molar-refractivity contribution in [2.24, 2.45) is 0 Å². The monoisotopic (exact) mass is 477 g/mol. The molecule has 0 radical (unpaired) electrons. The van der Waals surface area contributed by atoms with Crippen molar-refractivity contribution in [3.05, 3.63) is 83.1 Å². The first-order chi connectivity index (χ1) is 15.2. The van der Waals surface area contributed by atoms with E-state index in [0.717, 1.165) is 18.2 Å². The summed E-state index contributed by atoms with van der Waals surface area (Å²) in [5.41, 5.74) is 1.48. The van der Waals surface area contributed by atoms with Crippen molar-refractivity contribution < 1.29 is 27.1 Å². The van der Waals surface area contributed by atoms with Crippen molar-refractivity contribution >= 4 is 50.7 Å². The Kier molecular flexibility index (Phi) is 6.96. The minimum atomic E-state index is -3.99. The Labute approximate surface area is 188 Å². The average Bonchev–Trinajstić information content (AvgIpc) is 2.77. The van der Waals surface area contributed by atoms with Crippen LogP contribution in [0.1, 0.15) is 10.4 Å². The first-order valence-corrected chi connectivity index (χ1v) is 10.9. The number of ether oxygens (including phenoxy) is 1. The van der Waals surface area contributed by atoms with E-state index in [9.17, 15) is 22.4 Å². The Bertz CT molecular complexity index is 1250. The number of amides is 2. The topological polar surface area (TPSA) is 114 Å². The summed E-state index contributed by atoms with van der Waals surface area (Å²) in [6, 6.07) is 15.2. The highest BCUT2D eigenvalue weighted by Gasteiger charge is 2.16. The highest BCUT2D eigenvalue weighted by atomic mass is 35.5. The zero-order valence-corrected chi connectivity index (χ0v) is 18.1. The highest BCUT2D eigenvalue weighted by Crippen LogP contribution is 2.22. The predicted octanol–water partition coefficient (Wildman–Crippen LogP) is 4.71. The lowest BCUT2D eigenvalue weighted by atomic mass is 10.2. The number of benzene rings is 3. The molecule has 0 spiro atoms. The lowest BCUT2D eigenvalue weighted by Gasteiger charge is -2.10. The number of sulfonamides is 1. The van der Waals surface area contributed by atoms with Gasteiger partial charge in [-0.2, -0.15) is 0 Å². The van der Waals surface area contributed by atoms with Gasteiger partial charge in [0.2, 0.25) is 0 Å². The zero-order valence-electron chi connectivity index (χ0n) is 16.6. The third kappa shape index (κ3) is 5.74. The van der Waals surface area contributed by atoms with Crippen LogP contribution in [-0.2, 0) is 14.8 Å². The van der Waals surface area contributed by atoms with E-state index < -0.39 is 27.8 Å². The average molecular weight is 478 g/mol. The number of methoxy groups -OCH3 is 1. The number of hydrogen-bond acceptors (Lipinski definition) is 5. The summed E-state index contributed by atoms with van der Waals surface area (Å²) >= 11 is 5.65. The van der Waals surface area contributed by atoms with Gasteiger partial charge in [-0.25, -0.2) is 17.6 Å². The number of carbonyl (C=O) groups is 2. The summed E-state index contributed by atoms with van der Waals surface area (Å²) in [5.74, 6) is -1.14. The minimum Gasteiger partial charge on any atom is -0.453 e.